The summed E-state index contributed by atoms with van der Waals surface area (Å²) in [5, 5.41) is 3.24. The van der Waals surface area contributed by atoms with Crippen LogP contribution in [0, 0.1) is 19.7 Å². The smallest absolute Gasteiger partial charge is 0.337 e. The van der Waals surface area contributed by atoms with Gasteiger partial charge >= 0.3 is 5.97 Å². The van der Waals surface area contributed by atoms with Crippen molar-refractivity contribution >= 4 is 11.7 Å². The van der Waals surface area contributed by atoms with Gasteiger partial charge in [-0.1, -0.05) is 12.1 Å². The van der Waals surface area contributed by atoms with Crippen LogP contribution < -0.4 is 5.32 Å². The molecule has 0 spiro atoms. The first kappa shape index (κ1) is 15.0. The van der Waals surface area contributed by atoms with Gasteiger partial charge in [-0.15, -0.1) is 0 Å². The van der Waals surface area contributed by atoms with Gasteiger partial charge < -0.3 is 10.1 Å². The van der Waals surface area contributed by atoms with E-state index < -0.39 is 0 Å². The topological polar surface area (TPSA) is 38.3 Å². The van der Waals surface area contributed by atoms with Crippen molar-refractivity contribution in [2.75, 3.05) is 12.4 Å². The van der Waals surface area contributed by atoms with Gasteiger partial charge in [0.2, 0.25) is 0 Å². The van der Waals surface area contributed by atoms with Crippen LogP contribution in [0.15, 0.2) is 36.4 Å². The molecule has 0 saturated heterocycles. The quantitative estimate of drug-likeness (QED) is 0.868. The first-order valence-electron chi connectivity index (χ1n) is 6.69. The molecule has 0 amide bonds. The average Bonchev–Trinajstić information content (AvgIpc) is 2.48. The zero-order chi connectivity index (χ0) is 15.4. The number of anilines is 1. The van der Waals surface area contributed by atoms with E-state index in [1.54, 1.807) is 18.2 Å². The SMILES string of the molecule is COC(=O)c1ccc(C)c(NCc2cc(F)ccc2C)c1. The molecule has 2 aromatic carbocycles. The summed E-state index contributed by atoms with van der Waals surface area (Å²) in [7, 11) is 1.35. The van der Waals surface area contributed by atoms with Crippen LogP contribution in [0.4, 0.5) is 10.1 Å². The Morgan fingerprint density at radius 2 is 1.86 bits per heavy atom. The fourth-order valence-corrected chi connectivity index (χ4v) is 2.08. The highest BCUT2D eigenvalue weighted by Gasteiger charge is 2.08. The van der Waals surface area contributed by atoms with Crippen molar-refractivity contribution in [1.29, 1.82) is 0 Å². The minimum Gasteiger partial charge on any atom is -0.465 e. The third-order valence-corrected chi connectivity index (χ3v) is 3.44. The van der Waals surface area contributed by atoms with Crippen molar-refractivity contribution in [3.63, 3.8) is 0 Å². The molecule has 3 nitrogen and oxygen atoms in total. The average molecular weight is 287 g/mol. The van der Waals surface area contributed by atoms with E-state index in [1.165, 1.54) is 19.2 Å². The molecule has 0 aliphatic heterocycles. The Bertz CT molecular complexity index is 668. The first-order valence-corrected chi connectivity index (χ1v) is 6.69. The molecule has 0 bridgehead atoms. The number of rotatable bonds is 4. The minimum absolute atomic E-state index is 0.252. The van der Waals surface area contributed by atoms with E-state index in [4.69, 9.17) is 4.74 Å². The fourth-order valence-electron chi connectivity index (χ4n) is 2.08. The highest BCUT2D eigenvalue weighted by atomic mass is 19.1. The molecule has 0 saturated carbocycles. The number of benzene rings is 2. The van der Waals surface area contributed by atoms with Gasteiger partial charge in [-0.2, -0.15) is 0 Å². The first-order chi connectivity index (χ1) is 10.0. The Hall–Kier alpha value is -2.36. The maximum atomic E-state index is 13.3. The third-order valence-electron chi connectivity index (χ3n) is 3.44. The normalized spacial score (nSPS) is 10.3. The maximum absolute atomic E-state index is 13.3. The molecule has 0 aliphatic rings. The van der Waals surface area contributed by atoms with E-state index in [1.807, 2.05) is 19.9 Å². The summed E-state index contributed by atoms with van der Waals surface area (Å²) in [4.78, 5) is 11.6. The molecule has 21 heavy (non-hydrogen) atoms. The van der Waals surface area contributed by atoms with Gasteiger partial charge in [-0.25, -0.2) is 9.18 Å². The van der Waals surface area contributed by atoms with Crippen LogP contribution in [0.5, 0.6) is 0 Å². The maximum Gasteiger partial charge on any atom is 0.337 e. The Morgan fingerprint density at radius 3 is 2.57 bits per heavy atom. The summed E-state index contributed by atoms with van der Waals surface area (Å²) in [5.41, 5.74) is 4.24. The number of esters is 1. The summed E-state index contributed by atoms with van der Waals surface area (Å²) >= 11 is 0. The van der Waals surface area contributed by atoms with Gasteiger partial charge in [0.25, 0.3) is 0 Å². The van der Waals surface area contributed by atoms with Gasteiger partial charge in [0.15, 0.2) is 0 Å². The van der Waals surface area contributed by atoms with E-state index in [0.29, 0.717) is 12.1 Å². The Balaban J connectivity index is 2.19. The molecule has 2 aromatic rings. The number of hydrogen-bond acceptors (Lipinski definition) is 3. The monoisotopic (exact) mass is 287 g/mol. The lowest BCUT2D eigenvalue weighted by molar-refractivity contribution is 0.0601. The predicted molar refractivity (Wildman–Crippen MR) is 81.0 cm³/mol. The second kappa shape index (κ2) is 6.39. The molecule has 0 heterocycles. The van der Waals surface area contributed by atoms with Gasteiger partial charge in [0.05, 0.1) is 12.7 Å². The molecule has 1 N–H and O–H groups in total. The van der Waals surface area contributed by atoms with Crippen molar-refractivity contribution in [3.8, 4) is 0 Å². The van der Waals surface area contributed by atoms with Gasteiger partial charge in [-0.05, 0) is 54.8 Å². The lowest BCUT2D eigenvalue weighted by atomic mass is 10.1. The lowest BCUT2D eigenvalue weighted by Gasteiger charge is -2.12. The summed E-state index contributed by atoms with van der Waals surface area (Å²) in [5.74, 6) is -0.627. The molecule has 0 fully saturated rings. The molecule has 4 heteroatoms. The van der Waals surface area contributed by atoms with Crippen LogP contribution in [-0.4, -0.2) is 13.1 Å². The molecule has 0 atom stereocenters. The Kier molecular flexibility index (Phi) is 4.58. The van der Waals surface area contributed by atoms with Crippen molar-refractivity contribution in [2.45, 2.75) is 20.4 Å². The molecule has 2 rings (SSSR count). The van der Waals surface area contributed by atoms with Crippen LogP contribution in [0.1, 0.15) is 27.0 Å². The van der Waals surface area contributed by atoms with E-state index in [2.05, 4.69) is 5.32 Å². The summed E-state index contributed by atoms with van der Waals surface area (Å²) in [6.07, 6.45) is 0. The molecular weight excluding hydrogens is 269 g/mol. The molecule has 0 radical (unpaired) electrons. The number of nitrogens with one attached hydrogen (secondary N) is 1. The van der Waals surface area contributed by atoms with E-state index in [9.17, 15) is 9.18 Å². The van der Waals surface area contributed by atoms with Crippen LogP contribution in [0.3, 0.4) is 0 Å². The lowest BCUT2D eigenvalue weighted by Crippen LogP contribution is -2.06. The minimum atomic E-state index is -0.375. The summed E-state index contributed by atoms with van der Waals surface area (Å²) < 4.78 is 18.0. The van der Waals surface area contributed by atoms with Gasteiger partial charge in [-0.3, -0.25) is 0 Å². The zero-order valence-corrected chi connectivity index (χ0v) is 12.4. The number of halogens is 1. The number of hydrogen-bond donors (Lipinski definition) is 1. The number of aryl methyl sites for hydroxylation is 2. The van der Waals surface area contributed by atoms with E-state index >= 15 is 0 Å². The van der Waals surface area contributed by atoms with Crippen molar-refractivity contribution in [2.24, 2.45) is 0 Å². The van der Waals surface area contributed by atoms with E-state index in [-0.39, 0.29) is 11.8 Å². The Morgan fingerprint density at radius 1 is 1.14 bits per heavy atom. The van der Waals surface area contributed by atoms with Crippen molar-refractivity contribution in [1.82, 2.24) is 0 Å². The third kappa shape index (κ3) is 3.60. The number of methoxy groups -OCH3 is 1. The van der Waals surface area contributed by atoms with Crippen LogP contribution in [-0.2, 0) is 11.3 Å². The number of carbonyl (C=O) groups is 1. The number of carbonyl (C=O) groups excluding carboxylic acids is 1. The molecule has 0 aromatic heterocycles. The van der Waals surface area contributed by atoms with Crippen LogP contribution >= 0.6 is 0 Å². The highest BCUT2D eigenvalue weighted by Crippen LogP contribution is 2.19. The van der Waals surface area contributed by atoms with Crippen LogP contribution in [0.2, 0.25) is 0 Å². The standard InChI is InChI=1S/C17H18FNO2/c1-11-5-7-15(18)8-14(11)10-19-16-9-13(17(20)21-3)6-4-12(16)2/h4-9,19H,10H2,1-3H3. The highest BCUT2D eigenvalue weighted by molar-refractivity contribution is 5.90. The van der Waals surface area contributed by atoms with Gasteiger partial charge in [0, 0.05) is 12.2 Å². The second-order valence-corrected chi connectivity index (χ2v) is 4.95. The Labute approximate surface area is 123 Å². The number of ether oxygens (including phenoxy) is 1. The largest absolute Gasteiger partial charge is 0.465 e. The second-order valence-electron chi connectivity index (χ2n) is 4.95. The van der Waals surface area contributed by atoms with Crippen molar-refractivity contribution in [3.05, 3.63) is 64.5 Å². The molecular formula is C17H18FNO2. The molecule has 0 aliphatic carbocycles. The molecule has 0 unspecified atom stereocenters. The van der Waals surface area contributed by atoms with Crippen molar-refractivity contribution < 1.29 is 13.9 Å². The van der Waals surface area contributed by atoms with Gasteiger partial charge in [0.1, 0.15) is 5.82 Å². The van der Waals surface area contributed by atoms with E-state index in [0.717, 1.165) is 22.4 Å². The van der Waals surface area contributed by atoms with Crippen LogP contribution in [0.25, 0.3) is 0 Å². The molecule has 110 valence electrons. The summed E-state index contributed by atoms with van der Waals surface area (Å²) in [6, 6.07) is 10.0. The zero-order valence-electron chi connectivity index (χ0n) is 12.4. The predicted octanol–water partition coefficient (Wildman–Crippen LogP) is 3.84. The summed E-state index contributed by atoms with van der Waals surface area (Å²) in [6.45, 7) is 4.38. The fraction of sp³-hybridized carbons (Fsp3) is 0.235.